The number of carbonyl (C=O) groups is 3. The topological polar surface area (TPSA) is 89.9 Å². The van der Waals surface area contributed by atoms with Crippen LogP contribution in [-0.2, 0) is 23.9 Å². The predicted molar refractivity (Wildman–Crippen MR) is 99.9 cm³/mol. The first-order valence-electron chi connectivity index (χ1n) is 10.1. The van der Waals surface area contributed by atoms with Gasteiger partial charge in [-0.1, -0.05) is 58.3 Å². The molecule has 0 rings (SSSR count). The molecule has 0 aromatic carbocycles. The van der Waals surface area contributed by atoms with Crippen LogP contribution in [0, 0.1) is 0 Å². The number of carboxylic acid groups (broad SMARTS) is 1. The van der Waals surface area contributed by atoms with E-state index in [2.05, 4.69) is 6.92 Å². The third-order valence-corrected chi connectivity index (χ3v) is 4.12. The molecule has 0 aromatic rings. The van der Waals surface area contributed by atoms with Crippen LogP contribution in [0.3, 0.4) is 0 Å². The molecule has 0 aliphatic rings. The normalized spacial score (nSPS) is 10.5. The van der Waals surface area contributed by atoms with E-state index in [1.165, 1.54) is 44.9 Å². The number of ether oxygens (including phenoxy) is 2. The van der Waals surface area contributed by atoms with Gasteiger partial charge in [0.2, 0.25) is 0 Å². The lowest BCUT2D eigenvalue weighted by Gasteiger charge is -2.06. The molecule has 0 unspecified atom stereocenters. The van der Waals surface area contributed by atoms with E-state index in [-0.39, 0.29) is 38.0 Å². The van der Waals surface area contributed by atoms with Crippen LogP contribution in [0.2, 0.25) is 0 Å². The molecule has 0 aliphatic carbocycles. The van der Waals surface area contributed by atoms with E-state index in [0.29, 0.717) is 19.3 Å². The van der Waals surface area contributed by atoms with E-state index in [0.717, 1.165) is 12.8 Å². The van der Waals surface area contributed by atoms with Gasteiger partial charge >= 0.3 is 17.9 Å². The zero-order valence-electron chi connectivity index (χ0n) is 16.3. The second-order valence-corrected chi connectivity index (χ2v) is 6.62. The highest BCUT2D eigenvalue weighted by Gasteiger charge is 2.06. The van der Waals surface area contributed by atoms with Gasteiger partial charge in [-0.3, -0.25) is 14.4 Å². The molecule has 0 fully saturated rings. The van der Waals surface area contributed by atoms with Crippen LogP contribution in [0.5, 0.6) is 0 Å². The highest BCUT2D eigenvalue weighted by atomic mass is 16.6. The van der Waals surface area contributed by atoms with Crippen molar-refractivity contribution in [1.82, 2.24) is 0 Å². The fourth-order valence-electron chi connectivity index (χ4n) is 2.58. The van der Waals surface area contributed by atoms with Crippen LogP contribution < -0.4 is 0 Å². The molecule has 0 saturated carbocycles. The van der Waals surface area contributed by atoms with Crippen molar-refractivity contribution >= 4 is 17.9 Å². The Morgan fingerprint density at radius 3 is 1.46 bits per heavy atom. The summed E-state index contributed by atoms with van der Waals surface area (Å²) in [7, 11) is 0. The fraction of sp³-hybridized carbons (Fsp3) is 0.850. The van der Waals surface area contributed by atoms with Gasteiger partial charge in [-0.15, -0.1) is 0 Å². The Bertz CT molecular complexity index is 380. The third kappa shape index (κ3) is 18.7. The highest BCUT2D eigenvalue weighted by Crippen LogP contribution is 2.10. The highest BCUT2D eigenvalue weighted by molar-refractivity contribution is 5.70. The molecule has 0 amide bonds. The van der Waals surface area contributed by atoms with E-state index in [4.69, 9.17) is 14.6 Å². The summed E-state index contributed by atoms with van der Waals surface area (Å²) in [4.78, 5) is 33.3. The van der Waals surface area contributed by atoms with Crippen LogP contribution in [-0.4, -0.2) is 36.2 Å². The van der Waals surface area contributed by atoms with Gasteiger partial charge in [-0.05, 0) is 19.3 Å². The Hall–Kier alpha value is -1.59. The summed E-state index contributed by atoms with van der Waals surface area (Å²) in [5.74, 6) is -1.49. The molecule has 0 saturated heterocycles. The smallest absolute Gasteiger partial charge is 0.305 e. The minimum absolute atomic E-state index is 0.0568. The van der Waals surface area contributed by atoms with Crippen LogP contribution >= 0.6 is 0 Å². The maximum Gasteiger partial charge on any atom is 0.305 e. The molecule has 6 heteroatoms. The molecule has 0 aromatic heterocycles. The average molecular weight is 373 g/mol. The quantitative estimate of drug-likeness (QED) is 0.278. The Balaban J connectivity index is 3.33. The van der Waals surface area contributed by atoms with Crippen molar-refractivity contribution in [2.75, 3.05) is 13.2 Å². The number of aliphatic carboxylic acids is 1. The Morgan fingerprint density at radius 1 is 0.615 bits per heavy atom. The fourth-order valence-corrected chi connectivity index (χ4v) is 2.58. The minimum atomic E-state index is -0.864. The summed E-state index contributed by atoms with van der Waals surface area (Å²) in [5, 5.41) is 8.48. The number of hydrogen-bond donors (Lipinski definition) is 1. The first kappa shape index (κ1) is 24.4. The molecule has 152 valence electrons. The Kier molecular flexibility index (Phi) is 17.1. The Labute approximate surface area is 157 Å². The van der Waals surface area contributed by atoms with Crippen molar-refractivity contribution in [3.05, 3.63) is 0 Å². The van der Waals surface area contributed by atoms with Crippen LogP contribution in [0.4, 0.5) is 0 Å². The number of rotatable bonds is 18. The van der Waals surface area contributed by atoms with Crippen molar-refractivity contribution < 1.29 is 29.0 Å². The van der Waals surface area contributed by atoms with Crippen molar-refractivity contribution in [1.29, 1.82) is 0 Å². The number of unbranched alkanes of at least 4 members (excludes halogenated alkanes) is 9. The van der Waals surface area contributed by atoms with Gasteiger partial charge in [0.15, 0.2) is 0 Å². The molecule has 0 bridgehead atoms. The van der Waals surface area contributed by atoms with Crippen LogP contribution in [0.15, 0.2) is 0 Å². The summed E-state index contributed by atoms with van der Waals surface area (Å²) < 4.78 is 9.96. The van der Waals surface area contributed by atoms with E-state index in [1.54, 1.807) is 0 Å². The lowest BCUT2D eigenvalue weighted by molar-refractivity contribution is -0.152. The molecule has 26 heavy (non-hydrogen) atoms. The molecule has 1 N–H and O–H groups in total. The van der Waals surface area contributed by atoms with E-state index in [9.17, 15) is 14.4 Å². The zero-order valence-corrected chi connectivity index (χ0v) is 16.3. The maximum atomic E-state index is 11.6. The molecule has 0 spiro atoms. The number of carbonyl (C=O) groups excluding carboxylic acids is 2. The number of carboxylic acids is 1. The van der Waals surface area contributed by atoms with Crippen LogP contribution in [0.1, 0.15) is 96.8 Å². The van der Waals surface area contributed by atoms with E-state index in [1.807, 2.05) is 0 Å². The lowest BCUT2D eigenvalue weighted by Crippen LogP contribution is -2.13. The predicted octanol–water partition coefficient (Wildman–Crippen LogP) is 4.64. The van der Waals surface area contributed by atoms with Gasteiger partial charge in [-0.25, -0.2) is 0 Å². The van der Waals surface area contributed by atoms with Gasteiger partial charge < -0.3 is 14.6 Å². The van der Waals surface area contributed by atoms with Crippen molar-refractivity contribution in [2.24, 2.45) is 0 Å². The average Bonchev–Trinajstić information content (AvgIpc) is 2.61. The van der Waals surface area contributed by atoms with Gasteiger partial charge in [-0.2, -0.15) is 0 Å². The first-order valence-corrected chi connectivity index (χ1v) is 10.1. The summed E-state index contributed by atoms with van der Waals surface area (Å²) in [6.45, 7) is 2.35. The van der Waals surface area contributed by atoms with Crippen molar-refractivity contribution in [2.45, 2.75) is 96.8 Å². The standard InChI is InChI=1S/C20H36O6/c1-2-3-4-5-6-7-8-9-10-14-19(23)25-16-17-26-20(24)15-12-11-13-18(21)22/h2-17H2,1H3,(H,21,22). The molecule has 0 atom stereocenters. The molecule has 6 nitrogen and oxygen atoms in total. The lowest BCUT2D eigenvalue weighted by atomic mass is 10.1. The van der Waals surface area contributed by atoms with Crippen molar-refractivity contribution in [3.63, 3.8) is 0 Å². The summed E-state index contributed by atoms with van der Waals surface area (Å²) in [5.41, 5.74) is 0. The summed E-state index contributed by atoms with van der Waals surface area (Å²) in [6.07, 6.45) is 12.4. The SMILES string of the molecule is CCCCCCCCCCCC(=O)OCCOC(=O)CCCCC(=O)O. The molecular weight excluding hydrogens is 336 g/mol. The number of hydrogen-bond acceptors (Lipinski definition) is 5. The van der Waals surface area contributed by atoms with E-state index < -0.39 is 5.97 Å². The molecular formula is C20H36O6. The Morgan fingerprint density at radius 2 is 1.00 bits per heavy atom. The zero-order chi connectivity index (χ0) is 19.5. The second-order valence-electron chi connectivity index (χ2n) is 6.62. The molecule has 0 radical (unpaired) electrons. The molecule has 0 heterocycles. The summed E-state index contributed by atoms with van der Waals surface area (Å²) >= 11 is 0. The van der Waals surface area contributed by atoms with Gasteiger partial charge in [0.05, 0.1) is 0 Å². The molecule has 0 aliphatic heterocycles. The summed E-state index contributed by atoms with van der Waals surface area (Å²) in [6, 6.07) is 0. The first-order chi connectivity index (χ1) is 12.6. The van der Waals surface area contributed by atoms with Gasteiger partial charge in [0.1, 0.15) is 13.2 Å². The van der Waals surface area contributed by atoms with Gasteiger partial charge in [0, 0.05) is 19.3 Å². The minimum Gasteiger partial charge on any atom is -0.481 e. The van der Waals surface area contributed by atoms with Crippen molar-refractivity contribution in [3.8, 4) is 0 Å². The maximum absolute atomic E-state index is 11.6. The second kappa shape index (κ2) is 18.2. The monoisotopic (exact) mass is 372 g/mol. The number of esters is 2. The third-order valence-electron chi connectivity index (χ3n) is 4.12. The van der Waals surface area contributed by atoms with Crippen LogP contribution in [0.25, 0.3) is 0 Å². The largest absolute Gasteiger partial charge is 0.481 e. The van der Waals surface area contributed by atoms with E-state index >= 15 is 0 Å². The van der Waals surface area contributed by atoms with Gasteiger partial charge in [0.25, 0.3) is 0 Å².